The molecule has 0 aromatic heterocycles. The van der Waals surface area contributed by atoms with Crippen LogP contribution in [0.2, 0.25) is 0 Å². The molecule has 2 aliphatic rings. The molecule has 6 N–H and O–H groups in total. The topological polar surface area (TPSA) is 182 Å². The van der Waals surface area contributed by atoms with Crippen molar-refractivity contribution in [3.63, 3.8) is 0 Å². The van der Waals surface area contributed by atoms with Crippen LogP contribution in [-0.2, 0) is 24.0 Å². The molecule has 0 spiro atoms. The Labute approximate surface area is 158 Å². The lowest BCUT2D eigenvalue weighted by atomic mass is 10.2. The molecule has 0 bridgehead atoms. The van der Waals surface area contributed by atoms with Crippen LogP contribution in [0.5, 0.6) is 0 Å². The van der Waals surface area contributed by atoms with Gasteiger partial charge in [-0.1, -0.05) is 0 Å². The Kier molecular flexibility index (Phi) is 11.2. The standard InChI is InChI=1S/C4H4Cl2N2O2.C4H6N2O2.C4H9NO3/c5-7-1-2-8(6)4(10)3(7)9;7-3-4(8)6-2-1-5-3;5-3(1-2-6)4(7)8/h1-2H2;1-2H2,(H,5,7)(H,6,8);3,6H,1-2,5H2,(H,7,8). The fourth-order valence-electron chi connectivity index (χ4n) is 1.36. The van der Waals surface area contributed by atoms with Crippen LogP contribution in [0.25, 0.3) is 0 Å². The molecule has 2 aliphatic heterocycles. The highest BCUT2D eigenvalue weighted by molar-refractivity contribution is 6.47. The maximum atomic E-state index is 10.7. The summed E-state index contributed by atoms with van der Waals surface area (Å²) < 4.78 is 1.64. The number of carbonyl (C=O) groups excluding carboxylic acids is 4. The third-order valence-corrected chi connectivity index (χ3v) is 3.42. The first-order valence-electron chi connectivity index (χ1n) is 7.22. The van der Waals surface area contributed by atoms with Crippen LogP contribution in [0.1, 0.15) is 6.42 Å². The molecule has 0 aromatic carbocycles. The predicted octanol–water partition coefficient (Wildman–Crippen LogP) is -3.02. The molecular weight excluding hydrogens is 397 g/mol. The van der Waals surface area contributed by atoms with Gasteiger partial charge in [0.15, 0.2) is 0 Å². The third-order valence-electron chi connectivity index (χ3n) is 2.78. The van der Waals surface area contributed by atoms with E-state index in [1.165, 1.54) is 0 Å². The van der Waals surface area contributed by atoms with Gasteiger partial charge in [0.2, 0.25) is 0 Å². The average molecular weight is 416 g/mol. The molecule has 0 aliphatic carbocycles. The van der Waals surface area contributed by atoms with Gasteiger partial charge in [0, 0.05) is 43.2 Å². The molecule has 4 amide bonds. The summed E-state index contributed by atoms with van der Waals surface area (Å²) in [6.07, 6.45) is 0.120. The minimum Gasteiger partial charge on any atom is -0.480 e. The number of amides is 4. The van der Waals surface area contributed by atoms with E-state index in [1.807, 2.05) is 0 Å². The lowest BCUT2D eigenvalue weighted by molar-refractivity contribution is -0.148. The quantitative estimate of drug-likeness (QED) is 0.238. The fraction of sp³-hybridized carbons (Fsp3) is 0.583. The maximum absolute atomic E-state index is 10.7. The number of carboxylic acids is 1. The number of piperazine rings is 2. The molecule has 1 atom stereocenters. The van der Waals surface area contributed by atoms with Crippen molar-refractivity contribution in [2.75, 3.05) is 32.8 Å². The molecule has 148 valence electrons. The highest BCUT2D eigenvalue weighted by atomic mass is 35.5. The van der Waals surface area contributed by atoms with E-state index in [-0.39, 0.29) is 26.1 Å². The molecule has 12 nitrogen and oxygen atoms in total. The minimum absolute atomic E-state index is 0.120. The Bertz CT molecular complexity index is 512. The van der Waals surface area contributed by atoms with Crippen LogP contribution < -0.4 is 16.4 Å². The van der Waals surface area contributed by atoms with Crippen LogP contribution >= 0.6 is 23.6 Å². The number of nitrogens with one attached hydrogen (secondary N) is 2. The molecule has 1 unspecified atom stereocenters. The van der Waals surface area contributed by atoms with Crippen LogP contribution in [0, 0.1) is 0 Å². The first kappa shape index (κ1) is 23.9. The van der Waals surface area contributed by atoms with Gasteiger partial charge in [0.1, 0.15) is 6.04 Å². The maximum Gasteiger partial charge on any atom is 0.327 e. The van der Waals surface area contributed by atoms with Crippen molar-refractivity contribution in [3.8, 4) is 0 Å². The van der Waals surface area contributed by atoms with Crippen molar-refractivity contribution in [1.29, 1.82) is 0 Å². The first-order valence-corrected chi connectivity index (χ1v) is 7.89. The van der Waals surface area contributed by atoms with Crippen LogP contribution in [-0.4, -0.2) is 87.5 Å². The Balaban J connectivity index is 0.000000365. The number of aliphatic hydroxyl groups excluding tert-OH is 1. The molecule has 0 radical (unpaired) electrons. The SMILES string of the molecule is NC(CCO)C(=O)O.O=C1C(=O)N(Cl)CCN1Cl.O=C1NCCNC1=O. The summed E-state index contributed by atoms with van der Waals surface area (Å²) in [7, 11) is 0. The van der Waals surface area contributed by atoms with Crippen molar-refractivity contribution in [2.45, 2.75) is 12.5 Å². The van der Waals surface area contributed by atoms with Crippen LogP contribution in [0.15, 0.2) is 0 Å². The zero-order valence-corrected chi connectivity index (χ0v) is 15.0. The molecule has 2 rings (SSSR count). The minimum atomic E-state index is -1.07. The van der Waals surface area contributed by atoms with Gasteiger partial charge in [0.25, 0.3) is 0 Å². The van der Waals surface area contributed by atoms with Gasteiger partial charge in [-0.25, -0.2) is 8.84 Å². The van der Waals surface area contributed by atoms with Crippen molar-refractivity contribution in [3.05, 3.63) is 0 Å². The van der Waals surface area contributed by atoms with Crippen molar-refractivity contribution < 1.29 is 34.2 Å². The Morgan fingerprint density at radius 1 is 1.04 bits per heavy atom. The largest absolute Gasteiger partial charge is 0.480 e. The van der Waals surface area contributed by atoms with E-state index < -0.39 is 35.6 Å². The van der Waals surface area contributed by atoms with Gasteiger partial charge >= 0.3 is 29.6 Å². The second-order valence-electron chi connectivity index (χ2n) is 4.75. The van der Waals surface area contributed by atoms with Crippen LogP contribution in [0.4, 0.5) is 0 Å². The van der Waals surface area contributed by atoms with Gasteiger partial charge in [-0.05, 0) is 6.42 Å². The van der Waals surface area contributed by atoms with Crippen LogP contribution in [0.3, 0.4) is 0 Å². The lowest BCUT2D eigenvalue weighted by Crippen LogP contribution is -2.49. The molecule has 0 saturated carbocycles. The molecule has 2 saturated heterocycles. The summed E-state index contributed by atoms with van der Waals surface area (Å²) in [5.41, 5.74) is 4.97. The summed E-state index contributed by atoms with van der Waals surface area (Å²) in [6.45, 7) is 1.47. The van der Waals surface area contributed by atoms with Crippen molar-refractivity contribution in [2.24, 2.45) is 5.73 Å². The molecule has 14 heteroatoms. The summed E-state index contributed by atoms with van der Waals surface area (Å²) in [5, 5.41) is 21.0. The number of rotatable bonds is 3. The number of nitrogens with two attached hydrogens (primary N) is 1. The number of hydrogen-bond donors (Lipinski definition) is 5. The number of aliphatic hydroxyl groups is 1. The second kappa shape index (κ2) is 12.2. The number of aliphatic carboxylic acids is 1. The molecule has 2 fully saturated rings. The van der Waals surface area contributed by atoms with Gasteiger partial charge < -0.3 is 26.6 Å². The number of carbonyl (C=O) groups is 5. The molecule has 2 heterocycles. The first-order chi connectivity index (χ1) is 12.1. The summed E-state index contributed by atoms with van der Waals surface area (Å²) in [4.78, 5) is 51.7. The third kappa shape index (κ3) is 8.80. The van der Waals surface area contributed by atoms with E-state index in [0.717, 1.165) is 8.84 Å². The van der Waals surface area contributed by atoms with Crippen molar-refractivity contribution >= 4 is 53.2 Å². The highest BCUT2D eigenvalue weighted by Crippen LogP contribution is 2.08. The van der Waals surface area contributed by atoms with Crippen molar-refractivity contribution in [1.82, 2.24) is 19.5 Å². The zero-order valence-electron chi connectivity index (χ0n) is 13.5. The van der Waals surface area contributed by atoms with Gasteiger partial charge in [-0.2, -0.15) is 0 Å². The lowest BCUT2D eigenvalue weighted by Gasteiger charge is -2.23. The number of halogens is 2. The van der Waals surface area contributed by atoms with Gasteiger partial charge in [-0.15, -0.1) is 0 Å². The van der Waals surface area contributed by atoms with E-state index in [9.17, 15) is 24.0 Å². The monoisotopic (exact) mass is 415 g/mol. The number of nitrogens with zero attached hydrogens (tertiary/aromatic N) is 2. The van der Waals surface area contributed by atoms with Gasteiger partial charge in [-0.3, -0.25) is 24.0 Å². The molecular formula is C12H19Cl2N5O7. The van der Waals surface area contributed by atoms with E-state index in [0.29, 0.717) is 13.1 Å². The smallest absolute Gasteiger partial charge is 0.327 e. The van der Waals surface area contributed by atoms with E-state index in [2.05, 4.69) is 10.6 Å². The summed E-state index contributed by atoms with van der Waals surface area (Å²) in [6, 6.07) is -0.917. The Morgan fingerprint density at radius 3 is 1.65 bits per heavy atom. The second-order valence-corrected chi connectivity index (χ2v) is 5.57. The zero-order chi connectivity index (χ0) is 20.3. The Morgan fingerprint density at radius 2 is 1.42 bits per heavy atom. The fourth-order valence-corrected chi connectivity index (χ4v) is 1.66. The number of carboxylic acid groups (broad SMARTS) is 1. The predicted molar refractivity (Wildman–Crippen MR) is 88.5 cm³/mol. The van der Waals surface area contributed by atoms with E-state index >= 15 is 0 Å². The van der Waals surface area contributed by atoms with E-state index in [1.54, 1.807) is 0 Å². The van der Waals surface area contributed by atoms with Gasteiger partial charge in [0.05, 0.1) is 13.1 Å². The number of hydrogen-bond acceptors (Lipinski definition) is 7. The highest BCUT2D eigenvalue weighted by Gasteiger charge is 2.30. The average Bonchev–Trinajstić information content (AvgIpc) is 2.60. The summed E-state index contributed by atoms with van der Waals surface area (Å²) in [5.74, 6) is -3.68. The normalized spacial score (nSPS) is 17.8. The molecule has 0 aromatic rings. The van der Waals surface area contributed by atoms with E-state index in [4.69, 9.17) is 39.5 Å². The Hall–Kier alpha value is -2.15. The molecule has 26 heavy (non-hydrogen) atoms. The summed E-state index contributed by atoms with van der Waals surface area (Å²) >= 11 is 10.6.